The first-order valence-corrected chi connectivity index (χ1v) is 11.0. The molecule has 0 unspecified atom stereocenters. The molecule has 3 N–H and O–H groups in total. The first kappa shape index (κ1) is 26.0. The smallest absolute Gasteiger partial charge is 0.248 e. The van der Waals surface area contributed by atoms with Crippen molar-refractivity contribution in [1.29, 1.82) is 0 Å². The van der Waals surface area contributed by atoms with Crippen LogP contribution < -0.4 is 34.7 Å². The summed E-state index contributed by atoms with van der Waals surface area (Å²) < 4.78 is 26.8. The molecule has 3 rings (SSSR count). The zero-order valence-electron chi connectivity index (χ0n) is 21.0. The van der Waals surface area contributed by atoms with E-state index < -0.39 is 0 Å². The maximum Gasteiger partial charge on any atom is 0.248 e. The molecule has 3 aromatic rings. The van der Waals surface area contributed by atoms with Crippen molar-refractivity contribution < 1.29 is 28.5 Å². The van der Waals surface area contributed by atoms with Gasteiger partial charge in [-0.25, -0.2) is 0 Å². The molecule has 0 aliphatic rings. The van der Waals surface area contributed by atoms with E-state index in [0.717, 1.165) is 16.7 Å². The number of nitrogens with two attached hydrogens (primary N) is 1. The Kier molecular flexibility index (Phi) is 8.83. The molecule has 0 bridgehead atoms. The predicted octanol–water partition coefficient (Wildman–Crippen LogP) is 5.13. The number of nitrogens with one attached hydrogen (secondary N) is 1. The molecule has 0 aliphatic heterocycles. The molecule has 1 amide bonds. The Morgan fingerprint density at radius 2 is 1.42 bits per heavy atom. The lowest BCUT2D eigenvalue weighted by Crippen LogP contribution is -2.09. The molecular weight excluding hydrogens is 460 g/mol. The van der Waals surface area contributed by atoms with Gasteiger partial charge < -0.3 is 34.7 Å². The maximum atomic E-state index is 12.7. The summed E-state index contributed by atoms with van der Waals surface area (Å²) in [4.78, 5) is 12.7. The first-order chi connectivity index (χ1) is 17.4. The fourth-order valence-electron chi connectivity index (χ4n) is 3.51. The Bertz CT molecular complexity index is 1260. The number of hydrogen-bond donors (Lipinski definition) is 2. The molecule has 0 aliphatic carbocycles. The van der Waals surface area contributed by atoms with Gasteiger partial charge in [0.2, 0.25) is 11.7 Å². The van der Waals surface area contributed by atoms with E-state index in [0.29, 0.717) is 40.1 Å². The Morgan fingerprint density at radius 3 is 2.00 bits per heavy atom. The molecule has 0 saturated heterocycles. The third-order valence-corrected chi connectivity index (χ3v) is 5.34. The van der Waals surface area contributed by atoms with E-state index in [9.17, 15) is 4.79 Å². The number of carbonyl (C=O) groups is 1. The van der Waals surface area contributed by atoms with Crippen LogP contribution in [0.5, 0.6) is 28.7 Å². The van der Waals surface area contributed by atoms with Crippen molar-refractivity contribution in [1.82, 2.24) is 0 Å². The van der Waals surface area contributed by atoms with Crippen molar-refractivity contribution in [3.63, 3.8) is 0 Å². The second kappa shape index (κ2) is 12.2. The summed E-state index contributed by atoms with van der Waals surface area (Å²) >= 11 is 0. The number of anilines is 2. The molecule has 0 radical (unpaired) electrons. The van der Waals surface area contributed by atoms with Gasteiger partial charge in [-0.15, -0.1) is 0 Å². The highest BCUT2D eigenvalue weighted by atomic mass is 16.5. The van der Waals surface area contributed by atoms with Crippen molar-refractivity contribution in [3.05, 3.63) is 71.3 Å². The molecule has 0 saturated carbocycles. The lowest BCUT2D eigenvalue weighted by Gasteiger charge is -2.13. The van der Waals surface area contributed by atoms with Crippen LogP contribution in [0.25, 0.3) is 18.2 Å². The van der Waals surface area contributed by atoms with Crippen LogP contribution in [0.1, 0.15) is 16.7 Å². The largest absolute Gasteiger partial charge is 0.497 e. The third-order valence-electron chi connectivity index (χ3n) is 5.34. The van der Waals surface area contributed by atoms with Crippen molar-refractivity contribution in [2.75, 3.05) is 46.6 Å². The maximum absolute atomic E-state index is 12.7. The van der Waals surface area contributed by atoms with Crippen LogP contribution in [0.3, 0.4) is 0 Å². The van der Waals surface area contributed by atoms with Gasteiger partial charge in [-0.05, 0) is 59.7 Å². The highest BCUT2D eigenvalue weighted by Crippen LogP contribution is 2.38. The number of nitrogen functional groups attached to an aromatic ring is 1. The summed E-state index contributed by atoms with van der Waals surface area (Å²) in [7, 11) is 7.82. The minimum Gasteiger partial charge on any atom is -0.497 e. The Labute approximate surface area is 210 Å². The van der Waals surface area contributed by atoms with Gasteiger partial charge in [0.1, 0.15) is 11.5 Å². The lowest BCUT2D eigenvalue weighted by atomic mass is 10.1. The molecule has 3 aromatic carbocycles. The molecule has 0 fully saturated rings. The molecular formula is C28H30N2O6. The summed E-state index contributed by atoms with van der Waals surface area (Å²) in [6, 6.07) is 14.4. The van der Waals surface area contributed by atoms with E-state index in [2.05, 4.69) is 5.32 Å². The minimum absolute atomic E-state index is 0.294. The summed E-state index contributed by atoms with van der Waals surface area (Å²) in [5.41, 5.74) is 9.40. The third kappa shape index (κ3) is 6.29. The van der Waals surface area contributed by atoms with E-state index in [-0.39, 0.29) is 5.91 Å². The van der Waals surface area contributed by atoms with Crippen LogP contribution in [0.4, 0.5) is 11.4 Å². The molecule has 8 nitrogen and oxygen atoms in total. The highest BCUT2D eigenvalue weighted by molar-refractivity contribution is 6.03. The van der Waals surface area contributed by atoms with Crippen LogP contribution >= 0.6 is 0 Å². The summed E-state index contributed by atoms with van der Waals surface area (Å²) in [5, 5.41) is 2.91. The standard InChI is InChI=1S/C28H30N2O6/c1-32-21-10-11-23(30-27(31)13-8-18-7-12-24(33-2)22(29)14-18)20(17-21)9-6-19-15-25(34-3)28(36-5)26(16-19)35-4/h6-17H,29H2,1-5H3,(H,30,31)/b9-6+,13-8+. The van der Waals surface area contributed by atoms with E-state index >= 15 is 0 Å². The number of amides is 1. The number of ether oxygens (including phenoxy) is 5. The number of rotatable bonds is 10. The minimum atomic E-state index is -0.294. The molecule has 0 aromatic heterocycles. The highest BCUT2D eigenvalue weighted by Gasteiger charge is 2.12. The zero-order valence-corrected chi connectivity index (χ0v) is 21.0. The second-order valence-electron chi connectivity index (χ2n) is 7.57. The second-order valence-corrected chi connectivity index (χ2v) is 7.57. The summed E-state index contributed by atoms with van der Waals surface area (Å²) in [5.74, 6) is 2.54. The van der Waals surface area contributed by atoms with Crippen LogP contribution in [0.2, 0.25) is 0 Å². The van der Waals surface area contributed by atoms with Gasteiger partial charge in [0.05, 0.1) is 41.2 Å². The van der Waals surface area contributed by atoms with Crippen LogP contribution in [-0.2, 0) is 4.79 Å². The van der Waals surface area contributed by atoms with E-state index in [4.69, 9.17) is 29.4 Å². The zero-order chi connectivity index (χ0) is 26.1. The van der Waals surface area contributed by atoms with Gasteiger partial charge >= 0.3 is 0 Å². The van der Waals surface area contributed by atoms with Crippen molar-refractivity contribution in [2.45, 2.75) is 0 Å². The van der Waals surface area contributed by atoms with Crippen molar-refractivity contribution >= 4 is 35.5 Å². The molecule has 0 spiro atoms. The average molecular weight is 491 g/mol. The molecule has 0 atom stereocenters. The van der Waals surface area contributed by atoms with Gasteiger partial charge in [-0.3, -0.25) is 4.79 Å². The Balaban J connectivity index is 1.85. The van der Waals surface area contributed by atoms with Gasteiger partial charge in [-0.2, -0.15) is 0 Å². The van der Waals surface area contributed by atoms with E-state index in [1.54, 1.807) is 65.9 Å². The Hall–Kier alpha value is -4.59. The molecule has 188 valence electrons. The van der Waals surface area contributed by atoms with Crippen molar-refractivity contribution in [3.8, 4) is 28.7 Å². The number of carbonyl (C=O) groups excluding carboxylic acids is 1. The average Bonchev–Trinajstić information content (AvgIpc) is 2.90. The fourth-order valence-corrected chi connectivity index (χ4v) is 3.51. The van der Waals surface area contributed by atoms with Gasteiger partial charge in [-0.1, -0.05) is 18.2 Å². The number of benzene rings is 3. The summed E-state index contributed by atoms with van der Waals surface area (Å²) in [6.07, 6.45) is 6.87. The predicted molar refractivity (Wildman–Crippen MR) is 143 cm³/mol. The van der Waals surface area contributed by atoms with Gasteiger partial charge in [0, 0.05) is 17.3 Å². The SMILES string of the molecule is COc1ccc(NC(=O)/C=C/c2ccc(OC)c(N)c2)c(/C=C/c2cc(OC)c(OC)c(OC)c2)c1. The van der Waals surface area contributed by atoms with Crippen LogP contribution in [-0.4, -0.2) is 41.5 Å². The quantitative estimate of drug-likeness (QED) is 0.231. The van der Waals surface area contributed by atoms with Crippen LogP contribution in [0.15, 0.2) is 54.6 Å². The first-order valence-electron chi connectivity index (χ1n) is 11.0. The summed E-state index contributed by atoms with van der Waals surface area (Å²) in [6.45, 7) is 0. The fraction of sp³-hybridized carbons (Fsp3) is 0.179. The lowest BCUT2D eigenvalue weighted by molar-refractivity contribution is -0.111. The van der Waals surface area contributed by atoms with E-state index in [1.807, 2.05) is 36.4 Å². The van der Waals surface area contributed by atoms with Crippen LogP contribution in [0, 0.1) is 0 Å². The topological polar surface area (TPSA) is 101 Å². The van der Waals surface area contributed by atoms with Crippen molar-refractivity contribution in [2.24, 2.45) is 0 Å². The number of hydrogen-bond acceptors (Lipinski definition) is 7. The van der Waals surface area contributed by atoms with E-state index in [1.165, 1.54) is 6.08 Å². The normalized spacial score (nSPS) is 10.9. The number of methoxy groups -OCH3 is 5. The monoisotopic (exact) mass is 490 g/mol. The Morgan fingerprint density at radius 1 is 0.722 bits per heavy atom. The molecule has 8 heteroatoms. The van der Waals surface area contributed by atoms with Gasteiger partial charge in [0.25, 0.3) is 0 Å². The molecule has 0 heterocycles. The van der Waals surface area contributed by atoms with Gasteiger partial charge in [0.15, 0.2) is 11.5 Å². The molecule has 36 heavy (non-hydrogen) atoms.